The Bertz CT molecular complexity index is 1160. The third kappa shape index (κ3) is 5.68. The molecule has 34 heavy (non-hydrogen) atoms. The number of amides is 2. The van der Waals surface area contributed by atoms with E-state index < -0.39 is 0 Å². The number of thiazole rings is 1. The Morgan fingerprint density at radius 2 is 2.09 bits per heavy atom. The van der Waals surface area contributed by atoms with Gasteiger partial charge in [-0.2, -0.15) is 0 Å². The van der Waals surface area contributed by atoms with Crippen LogP contribution in [0, 0.1) is 12.8 Å². The quantitative estimate of drug-likeness (QED) is 0.582. The molecule has 2 N–H and O–H groups in total. The first-order valence-corrected chi connectivity index (χ1v) is 13.1. The summed E-state index contributed by atoms with van der Waals surface area (Å²) in [5, 5.41) is 6.76. The van der Waals surface area contributed by atoms with E-state index in [4.69, 9.17) is 4.74 Å². The molecule has 2 saturated heterocycles. The number of piperidine rings is 1. The van der Waals surface area contributed by atoms with E-state index in [9.17, 15) is 9.59 Å². The van der Waals surface area contributed by atoms with Gasteiger partial charge in [0.25, 0.3) is 5.91 Å². The zero-order chi connectivity index (χ0) is 23.7. The van der Waals surface area contributed by atoms with Crippen LogP contribution in [0.1, 0.15) is 36.1 Å². The summed E-state index contributed by atoms with van der Waals surface area (Å²) < 4.78 is 6.16. The summed E-state index contributed by atoms with van der Waals surface area (Å²) in [4.78, 5) is 36.9. The maximum atomic E-state index is 12.5. The highest BCUT2D eigenvalue weighted by molar-refractivity contribution is 8.18. The number of nitrogens with one attached hydrogen (secondary N) is 2. The normalized spacial score (nSPS) is 21.8. The van der Waals surface area contributed by atoms with Gasteiger partial charge in [0.1, 0.15) is 11.9 Å². The van der Waals surface area contributed by atoms with Crippen molar-refractivity contribution in [2.24, 2.45) is 10.9 Å². The Balaban J connectivity index is 1.22. The van der Waals surface area contributed by atoms with Gasteiger partial charge in [-0.15, -0.1) is 0 Å². The summed E-state index contributed by atoms with van der Waals surface area (Å²) in [6.45, 7) is 4.11. The number of aromatic nitrogens is 1. The predicted molar refractivity (Wildman–Crippen MR) is 137 cm³/mol. The number of benzene rings is 1. The average Bonchev–Trinajstić information content (AvgIpc) is 3.49. The molecule has 0 bridgehead atoms. The average molecular weight is 498 g/mol. The van der Waals surface area contributed by atoms with Gasteiger partial charge in [-0.3, -0.25) is 9.59 Å². The number of ether oxygens (including phenoxy) is 1. The molecule has 0 atom stereocenters. The topological polar surface area (TPSA) is 95.9 Å². The molecule has 3 heterocycles. The number of rotatable bonds is 6. The molecule has 2 aliphatic heterocycles. The van der Waals surface area contributed by atoms with E-state index in [1.54, 1.807) is 12.3 Å². The minimum atomic E-state index is -0.194. The predicted octanol–water partition coefficient (Wildman–Crippen LogP) is 4.16. The van der Waals surface area contributed by atoms with E-state index in [2.05, 4.69) is 32.6 Å². The number of amidine groups is 1. The second-order valence-electron chi connectivity index (χ2n) is 8.88. The molecule has 2 aromatic rings. The van der Waals surface area contributed by atoms with Gasteiger partial charge in [0.05, 0.1) is 15.5 Å². The van der Waals surface area contributed by atoms with Crippen LogP contribution in [0.4, 0.5) is 10.8 Å². The molecular formula is C24H27N5O3S2. The molecule has 1 saturated carbocycles. The van der Waals surface area contributed by atoms with Crippen LogP contribution in [-0.2, 0) is 9.59 Å². The van der Waals surface area contributed by atoms with Crippen LogP contribution in [0.5, 0.6) is 5.75 Å². The monoisotopic (exact) mass is 497 g/mol. The number of carbonyl (C=O) groups excluding carboxylic acids is 2. The van der Waals surface area contributed by atoms with Crippen molar-refractivity contribution in [3.8, 4) is 5.75 Å². The first-order chi connectivity index (χ1) is 16.4. The van der Waals surface area contributed by atoms with Gasteiger partial charge < -0.3 is 20.3 Å². The molecule has 2 amide bonds. The molecule has 3 aliphatic rings. The minimum Gasteiger partial charge on any atom is -0.490 e. The van der Waals surface area contributed by atoms with Crippen molar-refractivity contribution in [2.45, 2.75) is 38.7 Å². The van der Waals surface area contributed by atoms with Crippen LogP contribution in [0.25, 0.3) is 6.08 Å². The van der Waals surface area contributed by atoms with Crippen LogP contribution in [0.15, 0.2) is 34.3 Å². The molecule has 1 aromatic heterocycles. The van der Waals surface area contributed by atoms with Gasteiger partial charge in [0, 0.05) is 25.2 Å². The van der Waals surface area contributed by atoms with Gasteiger partial charge in [-0.05, 0) is 81.3 Å². The van der Waals surface area contributed by atoms with Crippen LogP contribution < -0.4 is 15.4 Å². The highest BCUT2D eigenvalue weighted by atomic mass is 32.2. The fourth-order valence-corrected chi connectivity index (χ4v) is 5.47. The lowest BCUT2D eigenvalue weighted by Gasteiger charge is -2.29. The molecule has 8 nitrogen and oxygen atoms in total. The maximum absolute atomic E-state index is 12.5. The fourth-order valence-electron chi connectivity index (χ4n) is 3.81. The summed E-state index contributed by atoms with van der Waals surface area (Å²) >= 11 is 2.64. The zero-order valence-corrected chi connectivity index (χ0v) is 20.8. The molecule has 1 aromatic carbocycles. The van der Waals surface area contributed by atoms with E-state index in [0.717, 1.165) is 60.7 Å². The number of carbonyl (C=O) groups is 2. The number of anilines is 1. The van der Waals surface area contributed by atoms with Crippen molar-refractivity contribution >= 4 is 57.0 Å². The van der Waals surface area contributed by atoms with Gasteiger partial charge in [-0.25, -0.2) is 9.98 Å². The van der Waals surface area contributed by atoms with Crippen molar-refractivity contribution in [2.75, 3.05) is 25.5 Å². The standard InChI is InChI=1S/C24H27N5O3S2/c1-14-11-17(32-16-7-9-29(2)10-8-16)5-6-19(14)26-24-28-22(31)20(34-24)12-18-13-25-23(33-18)27-21(30)15-3-4-15/h5-6,11-13,15-16H,3-4,7-10H2,1-2H3,(H,25,27,30)(H,26,28,31)/b20-12-. The number of hydrogen-bond acceptors (Lipinski definition) is 8. The SMILES string of the molecule is Cc1cc(OC2CCN(C)CC2)ccc1/N=C1/NC(=O)/C(=C/c2cnc(NC(=O)C3CC3)s2)S1. The maximum Gasteiger partial charge on any atom is 0.264 e. The summed E-state index contributed by atoms with van der Waals surface area (Å²) in [5.41, 5.74) is 1.78. The van der Waals surface area contributed by atoms with Gasteiger partial charge in [-0.1, -0.05) is 11.3 Å². The third-order valence-electron chi connectivity index (χ3n) is 5.98. The molecule has 5 rings (SSSR count). The summed E-state index contributed by atoms with van der Waals surface area (Å²) in [6, 6.07) is 5.88. The molecule has 0 spiro atoms. The first kappa shape index (κ1) is 23.1. The second-order valence-corrected chi connectivity index (χ2v) is 11.0. The van der Waals surface area contributed by atoms with Crippen molar-refractivity contribution in [1.82, 2.24) is 15.2 Å². The number of aliphatic imine (C=N–C) groups is 1. The Hall–Kier alpha value is -2.69. The minimum absolute atomic E-state index is 0.0223. The van der Waals surface area contributed by atoms with E-state index in [0.29, 0.717) is 15.2 Å². The van der Waals surface area contributed by atoms with Gasteiger partial charge in [0.2, 0.25) is 5.91 Å². The highest BCUT2D eigenvalue weighted by Gasteiger charge is 2.30. The number of hydrogen-bond donors (Lipinski definition) is 2. The van der Waals surface area contributed by atoms with E-state index in [-0.39, 0.29) is 23.8 Å². The smallest absolute Gasteiger partial charge is 0.264 e. The van der Waals surface area contributed by atoms with Crippen LogP contribution in [0.2, 0.25) is 0 Å². The second kappa shape index (κ2) is 9.89. The van der Waals surface area contributed by atoms with Crippen molar-refractivity contribution in [1.29, 1.82) is 0 Å². The Morgan fingerprint density at radius 1 is 1.29 bits per heavy atom. The van der Waals surface area contributed by atoms with E-state index in [1.807, 2.05) is 25.1 Å². The zero-order valence-electron chi connectivity index (χ0n) is 19.2. The fraction of sp³-hybridized carbons (Fsp3) is 0.417. The van der Waals surface area contributed by atoms with Crippen molar-refractivity contribution in [3.63, 3.8) is 0 Å². The van der Waals surface area contributed by atoms with Gasteiger partial charge in [0.15, 0.2) is 10.3 Å². The van der Waals surface area contributed by atoms with Crippen LogP contribution >= 0.6 is 23.1 Å². The Morgan fingerprint density at radius 3 is 2.82 bits per heavy atom. The Kier molecular flexibility index (Phi) is 6.71. The number of likely N-dealkylation sites (tertiary alicyclic amines) is 1. The molecule has 1 aliphatic carbocycles. The van der Waals surface area contributed by atoms with Crippen LogP contribution in [0.3, 0.4) is 0 Å². The van der Waals surface area contributed by atoms with E-state index >= 15 is 0 Å². The first-order valence-electron chi connectivity index (χ1n) is 11.4. The third-order valence-corrected chi connectivity index (χ3v) is 7.75. The lowest BCUT2D eigenvalue weighted by molar-refractivity contribution is -0.117. The van der Waals surface area contributed by atoms with E-state index in [1.165, 1.54) is 23.1 Å². The van der Waals surface area contributed by atoms with Crippen LogP contribution in [-0.4, -0.2) is 53.1 Å². The summed E-state index contributed by atoms with van der Waals surface area (Å²) in [6.07, 6.45) is 7.65. The number of thioether (sulfide) groups is 1. The molecule has 0 radical (unpaired) electrons. The molecule has 10 heteroatoms. The van der Waals surface area contributed by atoms with Gasteiger partial charge >= 0.3 is 0 Å². The largest absolute Gasteiger partial charge is 0.490 e. The summed E-state index contributed by atoms with van der Waals surface area (Å²) in [7, 11) is 2.14. The van der Waals surface area contributed by atoms with Crippen molar-refractivity contribution in [3.05, 3.63) is 39.7 Å². The number of aryl methyl sites for hydroxylation is 1. The summed E-state index contributed by atoms with van der Waals surface area (Å²) in [5.74, 6) is 0.808. The van der Waals surface area contributed by atoms with Crippen molar-refractivity contribution < 1.29 is 14.3 Å². The lowest BCUT2D eigenvalue weighted by atomic mass is 10.1. The number of nitrogens with zero attached hydrogens (tertiary/aromatic N) is 3. The lowest BCUT2D eigenvalue weighted by Crippen LogP contribution is -2.35. The Labute approximate surface area is 206 Å². The molecule has 178 valence electrons. The highest BCUT2D eigenvalue weighted by Crippen LogP contribution is 2.33. The molecule has 0 unspecified atom stereocenters. The molecule has 3 fully saturated rings. The molecular weight excluding hydrogens is 470 g/mol.